The molecule has 2 amide bonds. The number of hydrogen-bond donors (Lipinski definition) is 3. The number of carbonyl (C=O) groups excluding carboxylic acids is 2. The van der Waals surface area contributed by atoms with Crippen LogP contribution < -0.4 is 16.0 Å². The second-order valence-corrected chi connectivity index (χ2v) is 6.91. The van der Waals surface area contributed by atoms with E-state index >= 15 is 0 Å². The van der Waals surface area contributed by atoms with E-state index < -0.39 is 0 Å². The summed E-state index contributed by atoms with van der Waals surface area (Å²) < 4.78 is 0. The van der Waals surface area contributed by atoms with Gasteiger partial charge in [0.1, 0.15) is 0 Å². The molecule has 3 N–H and O–H groups in total. The average Bonchev–Trinajstić information content (AvgIpc) is 2.55. The molecule has 6 heteroatoms. The van der Waals surface area contributed by atoms with E-state index in [4.69, 9.17) is 12.2 Å². The van der Waals surface area contributed by atoms with Crippen LogP contribution in [-0.2, 0) is 9.59 Å². The summed E-state index contributed by atoms with van der Waals surface area (Å²) in [5.74, 6) is -0.0653. The molecule has 1 aliphatic carbocycles. The Balaban J connectivity index is 1.92. The average molecular weight is 347 g/mol. The van der Waals surface area contributed by atoms with Gasteiger partial charge in [0.05, 0.1) is 0 Å². The fourth-order valence-corrected chi connectivity index (χ4v) is 2.92. The minimum absolute atomic E-state index is 0.0857. The summed E-state index contributed by atoms with van der Waals surface area (Å²) in [6.07, 6.45) is 5.42. The van der Waals surface area contributed by atoms with Crippen molar-refractivity contribution >= 4 is 40.5 Å². The SMILES string of the molecule is CC(C)C(=O)NC(=S)Nc1cccc(NC(=O)C2CCCCC2)c1. The molecule has 130 valence electrons. The van der Waals surface area contributed by atoms with Crippen molar-refractivity contribution in [3.05, 3.63) is 24.3 Å². The molecule has 0 saturated heterocycles. The van der Waals surface area contributed by atoms with Crippen LogP contribution in [0.1, 0.15) is 46.0 Å². The lowest BCUT2D eigenvalue weighted by Crippen LogP contribution is -2.36. The van der Waals surface area contributed by atoms with E-state index in [1.165, 1.54) is 6.42 Å². The Morgan fingerprint density at radius 2 is 1.71 bits per heavy atom. The summed E-state index contributed by atoms with van der Waals surface area (Å²) in [5.41, 5.74) is 1.46. The zero-order chi connectivity index (χ0) is 17.5. The summed E-state index contributed by atoms with van der Waals surface area (Å²) in [4.78, 5) is 23.9. The smallest absolute Gasteiger partial charge is 0.228 e. The molecular formula is C18H25N3O2S. The minimum Gasteiger partial charge on any atom is -0.332 e. The van der Waals surface area contributed by atoms with E-state index in [9.17, 15) is 9.59 Å². The number of rotatable bonds is 4. The standard InChI is InChI=1S/C18H25N3O2S/c1-12(2)16(22)21-18(24)20-15-10-6-9-14(11-15)19-17(23)13-7-4-3-5-8-13/h6,9-13H,3-5,7-8H2,1-2H3,(H,19,23)(H2,20,21,22,24). The molecule has 0 heterocycles. The van der Waals surface area contributed by atoms with Crippen molar-refractivity contribution < 1.29 is 9.59 Å². The first-order valence-corrected chi connectivity index (χ1v) is 8.89. The predicted molar refractivity (Wildman–Crippen MR) is 101 cm³/mol. The lowest BCUT2D eigenvalue weighted by Gasteiger charge is -2.21. The molecule has 0 aromatic heterocycles. The highest BCUT2D eigenvalue weighted by Crippen LogP contribution is 2.25. The van der Waals surface area contributed by atoms with Crippen LogP contribution in [0.3, 0.4) is 0 Å². The van der Waals surface area contributed by atoms with Gasteiger partial charge in [-0.1, -0.05) is 39.2 Å². The Morgan fingerprint density at radius 3 is 2.33 bits per heavy atom. The van der Waals surface area contributed by atoms with E-state index in [1.54, 1.807) is 13.8 Å². The highest BCUT2D eigenvalue weighted by molar-refractivity contribution is 7.80. The maximum absolute atomic E-state index is 12.3. The van der Waals surface area contributed by atoms with Gasteiger partial charge in [0.25, 0.3) is 0 Å². The van der Waals surface area contributed by atoms with Crippen LogP contribution in [0.5, 0.6) is 0 Å². The monoisotopic (exact) mass is 347 g/mol. The van der Waals surface area contributed by atoms with Crippen molar-refractivity contribution in [3.63, 3.8) is 0 Å². The Morgan fingerprint density at radius 1 is 1.08 bits per heavy atom. The van der Waals surface area contributed by atoms with Crippen LogP contribution in [0, 0.1) is 11.8 Å². The summed E-state index contributed by atoms with van der Waals surface area (Å²) in [6.45, 7) is 3.61. The number of anilines is 2. The molecule has 2 rings (SSSR count). The van der Waals surface area contributed by atoms with Crippen molar-refractivity contribution in [3.8, 4) is 0 Å². The molecule has 0 atom stereocenters. The molecule has 1 fully saturated rings. The molecule has 5 nitrogen and oxygen atoms in total. The number of thiocarbonyl (C=S) groups is 1. The summed E-state index contributed by atoms with van der Waals surface area (Å²) in [5, 5.41) is 8.83. The predicted octanol–water partition coefficient (Wildman–Crippen LogP) is 3.67. The summed E-state index contributed by atoms with van der Waals surface area (Å²) >= 11 is 5.13. The van der Waals surface area contributed by atoms with Gasteiger partial charge in [-0.25, -0.2) is 0 Å². The van der Waals surface area contributed by atoms with E-state index in [0.717, 1.165) is 37.1 Å². The molecule has 1 aliphatic rings. The quantitative estimate of drug-likeness (QED) is 0.727. The van der Waals surface area contributed by atoms with Gasteiger partial charge in [0, 0.05) is 23.2 Å². The number of amides is 2. The van der Waals surface area contributed by atoms with Gasteiger partial charge in [0.2, 0.25) is 11.8 Å². The molecule has 0 bridgehead atoms. The third-order valence-corrected chi connectivity index (χ3v) is 4.33. The minimum atomic E-state index is -0.133. The second kappa shape index (κ2) is 8.78. The zero-order valence-electron chi connectivity index (χ0n) is 14.2. The number of nitrogens with one attached hydrogen (secondary N) is 3. The van der Waals surface area contributed by atoms with Gasteiger partial charge in [-0.3, -0.25) is 9.59 Å². The highest BCUT2D eigenvalue weighted by Gasteiger charge is 2.21. The summed E-state index contributed by atoms with van der Waals surface area (Å²) in [7, 11) is 0. The number of hydrogen-bond acceptors (Lipinski definition) is 3. The first-order valence-electron chi connectivity index (χ1n) is 8.48. The Kier molecular flexibility index (Phi) is 6.73. The zero-order valence-corrected chi connectivity index (χ0v) is 15.0. The van der Waals surface area contributed by atoms with Crippen LogP contribution in [-0.4, -0.2) is 16.9 Å². The van der Waals surface area contributed by atoms with Crippen LogP contribution in [0.2, 0.25) is 0 Å². The first-order chi connectivity index (χ1) is 11.5. The molecule has 0 unspecified atom stereocenters. The van der Waals surface area contributed by atoms with E-state index in [2.05, 4.69) is 16.0 Å². The molecule has 1 aromatic carbocycles. The van der Waals surface area contributed by atoms with Crippen LogP contribution in [0.4, 0.5) is 11.4 Å². The molecular weight excluding hydrogens is 322 g/mol. The largest absolute Gasteiger partial charge is 0.332 e. The lowest BCUT2D eigenvalue weighted by molar-refractivity contribution is -0.122. The topological polar surface area (TPSA) is 70.2 Å². The Bertz CT molecular complexity index is 610. The molecule has 0 radical (unpaired) electrons. The number of carbonyl (C=O) groups is 2. The maximum atomic E-state index is 12.3. The van der Waals surface area contributed by atoms with Crippen molar-refractivity contribution in [2.45, 2.75) is 46.0 Å². The van der Waals surface area contributed by atoms with Crippen LogP contribution in [0.15, 0.2) is 24.3 Å². The van der Waals surface area contributed by atoms with Gasteiger partial charge in [-0.15, -0.1) is 0 Å². The van der Waals surface area contributed by atoms with Gasteiger partial charge in [0.15, 0.2) is 5.11 Å². The lowest BCUT2D eigenvalue weighted by atomic mass is 9.88. The second-order valence-electron chi connectivity index (χ2n) is 6.50. The molecule has 0 spiro atoms. The molecule has 24 heavy (non-hydrogen) atoms. The van der Waals surface area contributed by atoms with Crippen LogP contribution in [0.25, 0.3) is 0 Å². The van der Waals surface area contributed by atoms with Gasteiger partial charge >= 0.3 is 0 Å². The number of benzene rings is 1. The Hall–Kier alpha value is -1.95. The summed E-state index contributed by atoms with van der Waals surface area (Å²) in [6, 6.07) is 7.34. The van der Waals surface area contributed by atoms with Gasteiger partial charge in [-0.05, 0) is 43.3 Å². The fraction of sp³-hybridized carbons (Fsp3) is 0.500. The normalized spacial score (nSPS) is 15.0. The van der Waals surface area contributed by atoms with Crippen molar-refractivity contribution in [1.29, 1.82) is 0 Å². The van der Waals surface area contributed by atoms with Crippen molar-refractivity contribution in [1.82, 2.24) is 5.32 Å². The third-order valence-electron chi connectivity index (χ3n) is 4.13. The van der Waals surface area contributed by atoms with Gasteiger partial charge in [-0.2, -0.15) is 0 Å². The van der Waals surface area contributed by atoms with E-state index in [1.807, 2.05) is 24.3 Å². The first kappa shape index (κ1) is 18.4. The van der Waals surface area contributed by atoms with Gasteiger partial charge < -0.3 is 16.0 Å². The fourth-order valence-electron chi connectivity index (χ4n) is 2.70. The van der Waals surface area contributed by atoms with E-state index in [0.29, 0.717) is 0 Å². The molecule has 1 saturated carbocycles. The van der Waals surface area contributed by atoms with Crippen molar-refractivity contribution in [2.75, 3.05) is 10.6 Å². The molecule has 0 aliphatic heterocycles. The maximum Gasteiger partial charge on any atom is 0.228 e. The van der Waals surface area contributed by atoms with Crippen molar-refractivity contribution in [2.24, 2.45) is 11.8 Å². The third kappa shape index (κ3) is 5.60. The van der Waals surface area contributed by atoms with E-state index in [-0.39, 0.29) is 28.8 Å². The highest BCUT2D eigenvalue weighted by atomic mass is 32.1. The molecule has 1 aromatic rings. The van der Waals surface area contributed by atoms with Crippen LogP contribution >= 0.6 is 12.2 Å². The Labute approximate surface area is 148 Å².